The van der Waals surface area contributed by atoms with Gasteiger partial charge in [-0.3, -0.25) is 10.1 Å². The monoisotopic (exact) mass is 356 g/mol. The van der Waals surface area contributed by atoms with E-state index in [9.17, 15) is 13.6 Å². The summed E-state index contributed by atoms with van der Waals surface area (Å²) in [5.41, 5.74) is 0.901. The molecule has 0 aliphatic heterocycles. The van der Waals surface area contributed by atoms with Crippen molar-refractivity contribution in [2.24, 2.45) is 0 Å². The van der Waals surface area contributed by atoms with Gasteiger partial charge in [-0.05, 0) is 30.3 Å². The van der Waals surface area contributed by atoms with Crippen LogP contribution in [0, 0.1) is 11.6 Å². The molecule has 0 aliphatic rings. The van der Waals surface area contributed by atoms with Crippen molar-refractivity contribution < 1.29 is 13.6 Å². The van der Waals surface area contributed by atoms with Crippen LogP contribution in [0.4, 0.5) is 13.9 Å². The summed E-state index contributed by atoms with van der Waals surface area (Å²) < 4.78 is 26.7. The first-order chi connectivity index (χ1) is 10.5. The third-order valence-electron chi connectivity index (χ3n) is 2.74. The summed E-state index contributed by atoms with van der Waals surface area (Å²) in [6.45, 7) is 0. The van der Waals surface area contributed by atoms with Gasteiger partial charge in [0.15, 0.2) is 16.8 Å². The van der Waals surface area contributed by atoms with Gasteiger partial charge in [-0.25, -0.2) is 13.8 Å². The Hall–Kier alpha value is -1.83. The van der Waals surface area contributed by atoms with Crippen LogP contribution < -0.4 is 5.32 Å². The average molecular weight is 357 g/mol. The van der Waals surface area contributed by atoms with Gasteiger partial charge in [-0.2, -0.15) is 0 Å². The van der Waals surface area contributed by atoms with Gasteiger partial charge in [-0.15, -0.1) is 22.7 Å². The summed E-state index contributed by atoms with van der Waals surface area (Å²) in [6, 6.07) is 6.78. The molecule has 0 atom stereocenters. The second kappa shape index (κ2) is 6.12. The van der Waals surface area contributed by atoms with Crippen molar-refractivity contribution in [3.63, 3.8) is 0 Å². The first-order valence-electron chi connectivity index (χ1n) is 6.00. The number of halogens is 3. The topological polar surface area (TPSA) is 42.0 Å². The average Bonchev–Trinajstić information content (AvgIpc) is 3.11. The summed E-state index contributed by atoms with van der Waals surface area (Å²) in [4.78, 5) is 16.6. The summed E-state index contributed by atoms with van der Waals surface area (Å²) in [7, 11) is 0. The molecule has 3 rings (SSSR count). The predicted octanol–water partition coefficient (Wildman–Crippen LogP) is 5.06. The third-order valence-corrected chi connectivity index (χ3v) is 4.72. The summed E-state index contributed by atoms with van der Waals surface area (Å²) >= 11 is 8.14. The lowest BCUT2D eigenvalue weighted by Crippen LogP contribution is -2.09. The Morgan fingerprint density at radius 1 is 1.18 bits per heavy atom. The van der Waals surface area contributed by atoms with Gasteiger partial charge >= 0.3 is 0 Å². The molecule has 1 aromatic carbocycles. The van der Waals surface area contributed by atoms with Crippen molar-refractivity contribution in [3.05, 3.63) is 56.6 Å². The Balaban J connectivity index is 1.78. The Labute approximate surface area is 137 Å². The fraction of sp³-hybridized carbons (Fsp3) is 0. The van der Waals surface area contributed by atoms with E-state index in [1.165, 1.54) is 17.4 Å². The number of hydrogen-bond acceptors (Lipinski definition) is 4. The lowest BCUT2D eigenvalue weighted by atomic mass is 10.2. The van der Waals surface area contributed by atoms with Crippen LogP contribution in [0.2, 0.25) is 4.34 Å². The van der Waals surface area contributed by atoms with E-state index in [2.05, 4.69) is 10.3 Å². The van der Waals surface area contributed by atoms with Crippen molar-refractivity contribution in [2.75, 3.05) is 5.32 Å². The van der Waals surface area contributed by atoms with Gasteiger partial charge in [0.1, 0.15) is 0 Å². The quantitative estimate of drug-likeness (QED) is 0.713. The van der Waals surface area contributed by atoms with E-state index in [-0.39, 0.29) is 5.91 Å². The van der Waals surface area contributed by atoms with Crippen LogP contribution in [-0.4, -0.2) is 10.9 Å². The number of nitrogens with one attached hydrogen (secondary N) is 1. The normalized spacial score (nSPS) is 10.7. The number of anilines is 1. The number of thiophene rings is 1. The Morgan fingerprint density at radius 3 is 2.68 bits per heavy atom. The SMILES string of the molecule is O=C(Nc1nc(-c2ccc(F)c(F)c2)cs1)c1ccc(Cl)s1. The standard InChI is InChI=1S/C14H7ClF2N2OS2/c15-12-4-3-11(22-12)13(20)19-14-18-10(6-21-14)7-1-2-8(16)9(17)5-7/h1-6H,(H,18,19,20). The van der Waals surface area contributed by atoms with Crippen molar-refractivity contribution in [2.45, 2.75) is 0 Å². The molecule has 22 heavy (non-hydrogen) atoms. The van der Waals surface area contributed by atoms with E-state index >= 15 is 0 Å². The zero-order chi connectivity index (χ0) is 15.7. The number of benzene rings is 1. The maximum atomic E-state index is 13.2. The number of carbonyl (C=O) groups excluding carboxylic acids is 1. The van der Waals surface area contributed by atoms with Gasteiger partial charge in [-0.1, -0.05) is 11.6 Å². The molecule has 8 heteroatoms. The minimum absolute atomic E-state index is 0.317. The number of amides is 1. The first-order valence-corrected chi connectivity index (χ1v) is 8.08. The largest absolute Gasteiger partial charge is 0.297 e. The predicted molar refractivity (Wildman–Crippen MR) is 84.7 cm³/mol. The van der Waals surface area contributed by atoms with Crippen molar-refractivity contribution >= 4 is 45.3 Å². The van der Waals surface area contributed by atoms with Crippen LogP contribution in [0.5, 0.6) is 0 Å². The van der Waals surface area contributed by atoms with Crippen LogP contribution >= 0.6 is 34.3 Å². The lowest BCUT2D eigenvalue weighted by molar-refractivity contribution is 0.103. The van der Waals surface area contributed by atoms with Gasteiger partial charge in [0.05, 0.1) is 14.9 Å². The fourth-order valence-corrected chi connectivity index (χ4v) is 3.37. The number of thiazole rings is 1. The van der Waals surface area contributed by atoms with Crippen LogP contribution in [0.15, 0.2) is 35.7 Å². The minimum Gasteiger partial charge on any atom is -0.297 e. The highest BCUT2D eigenvalue weighted by molar-refractivity contribution is 7.18. The molecule has 0 aliphatic carbocycles. The number of rotatable bonds is 3. The molecule has 0 radical (unpaired) electrons. The van der Waals surface area contributed by atoms with Crippen LogP contribution in [0.3, 0.4) is 0 Å². The van der Waals surface area contributed by atoms with Crippen molar-refractivity contribution in [3.8, 4) is 11.3 Å². The van der Waals surface area contributed by atoms with Crippen LogP contribution in [-0.2, 0) is 0 Å². The number of nitrogens with zero attached hydrogens (tertiary/aromatic N) is 1. The Morgan fingerprint density at radius 2 is 2.00 bits per heavy atom. The van der Waals surface area contributed by atoms with Crippen molar-refractivity contribution in [1.82, 2.24) is 4.98 Å². The minimum atomic E-state index is -0.940. The van der Waals surface area contributed by atoms with Crippen molar-refractivity contribution in [1.29, 1.82) is 0 Å². The molecule has 1 amide bonds. The fourth-order valence-electron chi connectivity index (χ4n) is 1.71. The summed E-state index contributed by atoms with van der Waals surface area (Å²) in [6.07, 6.45) is 0. The smallest absolute Gasteiger partial charge is 0.267 e. The Kier molecular flexibility index (Phi) is 4.19. The molecule has 0 unspecified atom stereocenters. The van der Waals surface area contributed by atoms with Gasteiger partial charge < -0.3 is 0 Å². The van der Waals surface area contributed by atoms with E-state index in [0.717, 1.165) is 23.5 Å². The second-order valence-electron chi connectivity index (χ2n) is 4.22. The van der Waals surface area contributed by atoms with E-state index in [1.54, 1.807) is 17.5 Å². The molecule has 0 spiro atoms. The van der Waals surface area contributed by atoms with Gasteiger partial charge in [0.2, 0.25) is 0 Å². The molecule has 0 saturated heterocycles. The molecule has 0 bridgehead atoms. The maximum absolute atomic E-state index is 13.2. The lowest BCUT2D eigenvalue weighted by Gasteiger charge is -1.99. The third kappa shape index (κ3) is 3.16. The van der Waals surface area contributed by atoms with E-state index < -0.39 is 11.6 Å². The highest BCUT2D eigenvalue weighted by Crippen LogP contribution is 2.27. The zero-order valence-corrected chi connectivity index (χ0v) is 13.2. The molecule has 3 nitrogen and oxygen atoms in total. The maximum Gasteiger partial charge on any atom is 0.267 e. The Bertz CT molecular complexity index is 847. The van der Waals surface area contributed by atoms with Gasteiger partial charge in [0.25, 0.3) is 5.91 Å². The summed E-state index contributed by atoms with van der Waals surface area (Å²) in [5, 5.41) is 4.67. The van der Waals surface area contributed by atoms with E-state index in [4.69, 9.17) is 11.6 Å². The molecule has 0 saturated carbocycles. The number of hydrogen-bond donors (Lipinski definition) is 1. The first kappa shape index (κ1) is 15.1. The molecule has 3 aromatic rings. The van der Waals surface area contributed by atoms with E-state index in [1.807, 2.05) is 0 Å². The molecule has 2 heterocycles. The molecule has 1 N–H and O–H groups in total. The van der Waals surface area contributed by atoms with Gasteiger partial charge in [0, 0.05) is 10.9 Å². The molecular formula is C14H7ClF2N2OS2. The second-order valence-corrected chi connectivity index (χ2v) is 6.80. The molecular weight excluding hydrogens is 350 g/mol. The zero-order valence-electron chi connectivity index (χ0n) is 10.8. The number of aromatic nitrogens is 1. The number of carbonyl (C=O) groups is 1. The molecule has 0 fully saturated rings. The van der Waals surface area contributed by atoms with E-state index in [0.29, 0.717) is 25.6 Å². The van der Waals surface area contributed by atoms with Crippen LogP contribution in [0.1, 0.15) is 9.67 Å². The van der Waals surface area contributed by atoms with Crippen LogP contribution in [0.25, 0.3) is 11.3 Å². The highest BCUT2D eigenvalue weighted by atomic mass is 35.5. The molecule has 2 aromatic heterocycles. The highest BCUT2D eigenvalue weighted by Gasteiger charge is 2.13. The molecule has 112 valence electrons. The summed E-state index contributed by atoms with van der Waals surface area (Å²) in [5.74, 6) is -2.17.